The van der Waals surface area contributed by atoms with Crippen LogP contribution in [0.5, 0.6) is 5.75 Å². The number of hydrogen-bond donors (Lipinski definition) is 1. The second kappa shape index (κ2) is 8.76. The third-order valence-corrected chi connectivity index (χ3v) is 2.86. The maximum atomic E-state index is 5.65. The SMILES string of the molecule is C=CC(NCCC)c1ccc(OCCCC)cc1. The van der Waals surface area contributed by atoms with Crippen molar-refractivity contribution < 1.29 is 4.74 Å². The molecule has 2 heteroatoms. The molecule has 0 aliphatic heterocycles. The molecule has 1 aromatic rings. The molecule has 0 fully saturated rings. The molecule has 1 unspecified atom stereocenters. The van der Waals surface area contributed by atoms with Gasteiger partial charge >= 0.3 is 0 Å². The molecule has 2 nitrogen and oxygen atoms in total. The van der Waals surface area contributed by atoms with E-state index in [1.807, 2.05) is 18.2 Å². The van der Waals surface area contributed by atoms with Gasteiger partial charge in [0.25, 0.3) is 0 Å². The first-order valence-electron chi connectivity index (χ1n) is 6.90. The van der Waals surface area contributed by atoms with E-state index in [1.54, 1.807) is 0 Å². The van der Waals surface area contributed by atoms with Crippen LogP contribution in [0.2, 0.25) is 0 Å². The van der Waals surface area contributed by atoms with Crippen molar-refractivity contribution in [1.82, 2.24) is 5.32 Å². The van der Waals surface area contributed by atoms with Crippen LogP contribution < -0.4 is 10.1 Å². The van der Waals surface area contributed by atoms with E-state index in [2.05, 4.69) is 37.9 Å². The van der Waals surface area contributed by atoms with Crippen LogP contribution in [0.25, 0.3) is 0 Å². The largest absolute Gasteiger partial charge is 0.494 e. The summed E-state index contributed by atoms with van der Waals surface area (Å²) in [5.41, 5.74) is 1.24. The molecule has 0 aromatic heterocycles. The summed E-state index contributed by atoms with van der Waals surface area (Å²) in [5, 5.41) is 3.45. The van der Waals surface area contributed by atoms with Gasteiger partial charge in [-0.15, -0.1) is 6.58 Å². The molecule has 100 valence electrons. The third kappa shape index (κ3) is 4.92. The minimum Gasteiger partial charge on any atom is -0.494 e. The predicted octanol–water partition coefficient (Wildman–Crippen LogP) is 4.09. The predicted molar refractivity (Wildman–Crippen MR) is 78.1 cm³/mol. The van der Waals surface area contributed by atoms with Crippen LogP contribution in [0.1, 0.15) is 44.7 Å². The lowest BCUT2D eigenvalue weighted by molar-refractivity contribution is 0.309. The fourth-order valence-electron chi connectivity index (χ4n) is 1.74. The zero-order chi connectivity index (χ0) is 13.2. The van der Waals surface area contributed by atoms with Gasteiger partial charge in [0.2, 0.25) is 0 Å². The molecule has 0 amide bonds. The highest BCUT2D eigenvalue weighted by Crippen LogP contribution is 2.18. The molecule has 0 aliphatic rings. The van der Waals surface area contributed by atoms with E-state index >= 15 is 0 Å². The van der Waals surface area contributed by atoms with Gasteiger partial charge in [0.05, 0.1) is 12.6 Å². The van der Waals surface area contributed by atoms with E-state index in [1.165, 1.54) is 5.56 Å². The smallest absolute Gasteiger partial charge is 0.119 e. The van der Waals surface area contributed by atoms with Gasteiger partial charge in [0, 0.05) is 0 Å². The Morgan fingerprint density at radius 3 is 2.50 bits per heavy atom. The Morgan fingerprint density at radius 2 is 1.94 bits per heavy atom. The highest BCUT2D eigenvalue weighted by Gasteiger charge is 2.05. The van der Waals surface area contributed by atoms with E-state index < -0.39 is 0 Å². The standard InChI is InChI=1S/C16H25NO/c1-4-7-13-18-15-10-8-14(9-11-15)16(6-3)17-12-5-2/h6,8-11,16-17H,3-5,7,12-13H2,1-2H3. The summed E-state index contributed by atoms with van der Waals surface area (Å²) in [7, 11) is 0. The molecule has 18 heavy (non-hydrogen) atoms. The molecule has 0 spiro atoms. The van der Waals surface area contributed by atoms with Crippen molar-refractivity contribution in [2.75, 3.05) is 13.2 Å². The molecule has 1 aromatic carbocycles. The molecule has 1 N–H and O–H groups in total. The molecule has 0 radical (unpaired) electrons. The van der Waals surface area contributed by atoms with Gasteiger partial charge in [-0.2, -0.15) is 0 Å². The molecule has 1 atom stereocenters. The van der Waals surface area contributed by atoms with E-state index in [-0.39, 0.29) is 6.04 Å². The summed E-state index contributed by atoms with van der Waals surface area (Å²) in [4.78, 5) is 0. The van der Waals surface area contributed by atoms with Crippen molar-refractivity contribution >= 4 is 0 Å². The average Bonchev–Trinajstić information content (AvgIpc) is 2.41. The Labute approximate surface area is 111 Å². The summed E-state index contributed by atoms with van der Waals surface area (Å²) < 4.78 is 5.65. The van der Waals surface area contributed by atoms with Crippen LogP contribution >= 0.6 is 0 Å². The molecular formula is C16H25NO. The number of unbranched alkanes of at least 4 members (excludes halogenated alkanes) is 1. The number of nitrogens with one attached hydrogen (secondary N) is 1. The minimum absolute atomic E-state index is 0.231. The molecule has 0 saturated carbocycles. The molecule has 0 aliphatic carbocycles. The first kappa shape index (κ1) is 14.8. The fourth-order valence-corrected chi connectivity index (χ4v) is 1.74. The van der Waals surface area contributed by atoms with Gasteiger partial charge in [-0.25, -0.2) is 0 Å². The van der Waals surface area contributed by atoms with Crippen LogP contribution in [0.4, 0.5) is 0 Å². The Morgan fingerprint density at radius 1 is 1.22 bits per heavy atom. The fraction of sp³-hybridized carbons (Fsp3) is 0.500. The molecule has 1 rings (SSSR count). The van der Waals surface area contributed by atoms with E-state index in [0.29, 0.717) is 0 Å². The van der Waals surface area contributed by atoms with Crippen molar-refractivity contribution in [3.8, 4) is 5.75 Å². The van der Waals surface area contributed by atoms with Crippen LogP contribution in [0.3, 0.4) is 0 Å². The highest BCUT2D eigenvalue weighted by atomic mass is 16.5. The lowest BCUT2D eigenvalue weighted by Crippen LogP contribution is -2.20. The van der Waals surface area contributed by atoms with Crippen molar-refractivity contribution in [3.05, 3.63) is 42.5 Å². The summed E-state index contributed by atoms with van der Waals surface area (Å²) in [6, 6.07) is 8.52. The van der Waals surface area contributed by atoms with Gasteiger partial charge < -0.3 is 10.1 Å². The normalized spacial score (nSPS) is 12.1. The number of rotatable bonds is 9. The van der Waals surface area contributed by atoms with E-state index in [0.717, 1.165) is 38.2 Å². The highest BCUT2D eigenvalue weighted by molar-refractivity contribution is 5.30. The number of ether oxygens (including phenoxy) is 1. The van der Waals surface area contributed by atoms with Gasteiger partial charge in [-0.1, -0.05) is 38.5 Å². The van der Waals surface area contributed by atoms with Crippen molar-refractivity contribution in [2.45, 2.75) is 39.2 Å². The number of benzene rings is 1. The van der Waals surface area contributed by atoms with Gasteiger partial charge in [0.1, 0.15) is 5.75 Å². The first-order chi connectivity index (χ1) is 8.81. The van der Waals surface area contributed by atoms with Crippen molar-refractivity contribution in [3.63, 3.8) is 0 Å². The average molecular weight is 247 g/mol. The Kier molecular flexibility index (Phi) is 7.19. The summed E-state index contributed by atoms with van der Waals surface area (Å²) in [6.07, 6.45) is 5.35. The van der Waals surface area contributed by atoms with Gasteiger partial charge in [-0.3, -0.25) is 0 Å². The monoisotopic (exact) mass is 247 g/mol. The molecule has 0 bridgehead atoms. The second-order valence-corrected chi connectivity index (χ2v) is 4.44. The zero-order valence-corrected chi connectivity index (χ0v) is 11.6. The molecular weight excluding hydrogens is 222 g/mol. The summed E-state index contributed by atoms with van der Waals surface area (Å²) >= 11 is 0. The Bertz CT molecular complexity index is 331. The maximum Gasteiger partial charge on any atom is 0.119 e. The minimum atomic E-state index is 0.231. The zero-order valence-electron chi connectivity index (χ0n) is 11.6. The summed E-state index contributed by atoms with van der Waals surface area (Å²) in [5.74, 6) is 0.950. The van der Waals surface area contributed by atoms with Crippen molar-refractivity contribution in [2.24, 2.45) is 0 Å². The first-order valence-corrected chi connectivity index (χ1v) is 6.90. The third-order valence-electron chi connectivity index (χ3n) is 2.86. The van der Waals surface area contributed by atoms with Crippen LogP contribution in [-0.4, -0.2) is 13.2 Å². The van der Waals surface area contributed by atoms with Gasteiger partial charge in [-0.05, 0) is 37.1 Å². The van der Waals surface area contributed by atoms with E-state index in [9.17, 15) is 0 Å². The van der Waals surface area contributed by atoms with Gasteiger partial charge in [0.15, 0.2) is 0 Å². The Hall–Kier alpha value is -1.28. The quantitative estimate of drug-likeness (QED) is 0.524. The van der Waals surface area contributed by atoms with Crippen LogP contribution in [0.15, 0.2) is 36.9 Å². The van der Waals surface area contributed by atoms with E-state index in [4.69, 9.17) is 4.74 Å². The van der Waals surface area contributed by atoms with Crippen LogP contribution in [-0.2, 0) is 0 Å². The maximum absolute atomic E-state index is 5.65. The Balaban J connectivity index is 2.54. The van der Waals surface area contributed by atoms with Crippen LogP contribution in [0, 0.1) is 0 Å². The number of hydrogen-bond acceptors (Lipinski definition) is 2. The molecule has 0 saturated heterocycles. The lowest BCUT2D eigenvalue weighted by Gasteiger charge is -2.15. The lowest BCUT2D eigenvalue weighted by atomic mass is 10.1. The summed E-state index contributed by atoms with van der Waals surface area (Å²) in [6.45, 7) is 10.0. The molecule has 0 heterocycles. The topological polar surface area (TPSA) is 21.3 Å². The van der Waals surface area contributed by atoms with Crippen molar-refractivity contribution in [1.29, 1.82) is 0 Å². The second-order valence-electron chi connectivity index (χ2n) is 4.44.